The van der Waals surface area contributed by atoms with Crippen LogP contribution in [0.3, 0.4) is 0 Å². The highest BCUT2D eigenvalue weighted by Crippen LogP contribution is 2.33. The molecular weight excluding hydrogens is 392 g/mol. The van der Waals surface area contributed by atoms with Gasteiger partial charge < -0.3 is 10.4 Å². The first-order chi connectivity index (χ1) is 15.1. The molecule has 1 saturated heterocycles. The van der Waals surface area contributed by atoms with E-state index in [-0.39, 0.29) is 16.8 Å². The number of hydrogen-bond donors (Lipinski definition) is 2. The molecule has 1 fully saturated rings. The molecule has 7 nitrogen and oxygen atoms in total. The van der Waals surface area contributed by atoms with Gasteiger partial charge >= 0.3 is 11.9 Å². The molecule has 1 amide bonds. The molecule has 31 heavy (non-hydrogen) atoms. The van der Waals surface area contributed by atoms with E-state index >= 15 is 0 Å². The Labute approximate surface area is 181 Å². The smallest absolute Gasteiger partial charge is 0.351 e. The average molecular weight is 420 g/mol. The molecule has 2 N–H and O–H groups in total. The fraction of sp³-hybridized carbons (Fsp3) is 0.292. The van der Waals surface area contributed by atoms with E-state index in [0.29, 0.717) is 31.6 Å². The molecule has 160 valence electrons. The van der Waals surface area contributed by atoms with E-state index < -0.39 is 5.97 Å². The van der Waals surface area contributed by atoms with Crippen LogP contribution in [0.5, 0.6) is 0 Å². The molecule has 0 unspecified atom stereocenters. The van der Waals surface area contributed by atoms with Crippen LogP contribution in [0.1, 0.15) is 27.9 Å². The second kappa shape index (κ2) is 9.24. The Balaban J connectivity index is 1.80. The summed E-state index contributed by atoms with van der Waals surface area (Å²) in [4.78, 5) is 25.1. The van der Waals surface area contributed by atoms with Gasteiger partial charge in [0.1, 0.15) is 18.8 Å². The lowest BCUT2D eigenvalue weighted by Crippen LogP contribution is -2.63. The SMILES string of the molecule is O=C(O)CCc1ccc(Cn2cccn2)cc1[N+]1(C(=O)c2ccccc2)CCNCC1. The van der Waals surface area contributed by atoms with E-state index in [9.17, 15) is 14.7 Å². The number of piperazine rings is 1. The van der Waals surface area contributed by atoms with Gasteiger partial charge in [0, 0.05) is 43.5 Å². The Kier molecular flexibility index (Phi) is 6.25. The monoisotopic (exact) mass is 419 g/mol. The van der Waals surface area contributed by atoms with Gasteiger partial charge in [0.25, 0.3) is 0 Å². The minimum Gasteiger partial charge on any atom is -0.481 e. The van der Waals surface area contributed by atoms with E-state index in [1.165, 1.54) is 0 Å². The van der Waals surface area contributed by atoms with Crippen molar-refractivity contribution >= 4 is 17.6 Å². The number of amides is 1. The number of rotatable bonds is 7. The largest absolute Gasteiger partial charge is 0.481 e. The Morgan fingerprint density at radius 1 is 1.06 bits per heavy atom. The molecule has 3 aromatic rings. The number of nitrogens with zero attached hydrogens (tertiary/aromatic N) is 3. The Hall–Kier alpha value is -3.29. The molecule has 1 aromatic heterocycles. The third-order valence-corrected chi connectivity index (χ3v) is 5.87. The quantitative estimate of drug-likeness (QED) is 0.576. The van der Waals surface area contributed by atoms with Gasteiger partial charge in [-0.2, -0.15) is 5.10 Å². The van der Waals surface area contributed by atoms with Crippen molar-refractivity contribution in [3.63, 3.8) is 0 Å². The summed E-state index contributed by atoms with van der Waals surface area (Å²) in [5, 5.41) is 16.9. The second-order valence-corrected chi connectivity index (χ2v) is 7.90. The Bertz CT molecular complexity index is 1040. The number of aliphatic carboxylic acids is 1. The number of carboxylic acids is 1. The Morgan fingerprint density at radius 3 is 2.52 bits per heavy atom. The van der Waals surface area contributed by atoms with E-state index in [4.69, 9.17) is 0 Å². The highest BCUT2D eigenvalue weighted by molar-refractivity contribution is 6.02. The van der Waals surface area contributed by atoms with E-state index in [1.54, 1.807) is 6.20 Å². The van der Waals surface area contributed by atoms with Crippen LogP contribution in [-0.4, -0.2) is 52.9 Å². The van der Waals surface area contributed by atoms with E-state index in [0.717, 1.165) is 29.9 Å². The molecule has 4 rings (SSSR count). The maximum atomic E-state index is 13.9. The Morgan fingerprint density at radius 2 is 1.84 bits per heavy atom. The predicted octanol–water partition coefficient (Wildman–Crippen LogP) is 2.70. The summed E-state index contributed by atoms with van der Waals surface area (Å²) in [6.45, 7) is 3.29. The van der Waals surface area contributed by atoms with Crippen molar-refractivity contribution in [2.45, 2.75) is 19.4 Å². The maximum absolute atomic E-state index is 13.9. The fourth-order valence-corrected chi connectivity index (χ4v) is 4.30. The fourth-order valence-electron chi connectivity index (χ4n) is 4.30. The number of carbonyl (C=O) groups is 2. The molecule has 2 heterocycles. The minimum absolute atomic E-state index is 0.0310. The third kappa shape index (κ3) is 4.57. The highest BCUT2D eigenvalue weighted by Gasteiger charge is 2.42. The normalized spacial score (nSPS) is 15.5. The first kappa shape index (κ1) is 21.0. The number of quaternary nitrogens is 1. The van der Waals surface area contributed by atoms with Gasteiger partial charge in [-0.15, -0.1) is 0 Å². The zero-order valence-electron chi connectivity index (χ0n) is 17.4. The summed E-state index contributed by atoms with van der Waals surface area (Å²) in [7, 11) is 0. The first-order valence-electron chi connectivity index (χ1n) is 10.6. The molecule has 0 saturated carbocycles. The topological polar surface area (TPSA) is 84.2 Å². The molecule has 7 heteroatoms. The number of carboxylic acid groups (broad SMARTS) is 1. The van der Waals surface area contributed by atoms with Crippen molar-refractivity contribution in [3.8, 4) is 0 Å². The lowest BCUT2D eigenvalue weighted by molar-refractivity contribution is -0.136. The van der Waals surface area contributed by atoms with Gasteiger partial charge in [0.15, 0.2) is 0 Å². The van der Waals surface area contributed by atoms with Gasteiger partial charge in [-0.1, -0.05) is 30.3 Å². The van der Waals surface area contributed by atoms with Crippen LogP contribution in [0.2, 0.25) is 0 Å². The molecule has 2 aromatic carbocycles. The third-order valence-electron chi connectivity index (χ3n) is 5.87. The molecule has 0 atom stereocenters. The predicted molar refractivity (Wildman–Crippen MR) is 119 cm³/mol. The van der Waals surface area contributed by atoms with E-state index in [1.807, 2.05) is 59.4 Å². The molecule has 0 spiro atoms. The van der Waals surface area contributed by atoms with Crippen molar-refractivity contribution in [1.82, 2.24) is 19.6 Å². The van der Waals surface area contributed by atoms with Crippen molar-refractivity contribution in [2.24, 2.45) is 0 Å². The van der Waals surface area contributed by atoms with E-state index in [2.05, 4.69) is 16.5 Å². The number of nitrogens with one attached hydrogen (secondary N) is 1. The van der Waals surface area contributed by atoms with Gasteiger partial charge in [-0.3, -0.25) is 9.48 Å². The zero-order valence-corrected chi connectivity index (χ0v) is 17.4. The summed E-state index contributed by atoms with van der Waals surface area (Å²) in [6, 6.07) is 17.3. The van der Waals surface area contributed by atoms with Crippen LogP contribution in [0, 0.1) is 0 Å². The lowest BCUT2D eigenvalue weighted by atomic mass is 9.99. The number of carbonyl (C=O) groups excluding carboxylic acids is 1. The maximum Gasteiger partial charge on any atom is 0.351 e. The summed E-state index contributed by atoms with van der Waals surface area (Å²) >= 11 is 0. The van der Waals surface area contributed by atoms with Crippen LogP contribution in [0.15, 0.2) is 67.0 Å². The number of aryl methyl sites for hydroxylation is 1. The van der Waals surface area contributed by atoms with Crippen LogP contribution in [-0.2, 0) is 17.8 Å². The minimum atomic E-state index is -0.840. The van der Waals surface area contributed by atoms with Crippen molar-refractivity contribution < 1.29 is 14.7 Å². The summed E-state index contributed by atoms with van der Waals surface area (Å²) in [6.07, 6.45) is 4.07. The van der Waals surface area contributed by atoms with Crippen LogP contribution in [0.25, 0.3) is 0 Å². The zero-order chi connectivity index (χ0) is 21.7. The summed E-state index contributed by atoms with van der Waals surface area (Å²) in [5.74, 6) is -0.789. The highest BCUT2D eigenvalue weighted by atomic mass is 16.4. The standard InChI is InChI=1S/C24H26N4O3/c29-23(30)10-9-20-8-7-19(18-27-14-4-11-26-27)17-22(20)28(15-12-25-13-16-28)24(31)21-5-2-1-3-6-21/h1-8,11,14,17,25H,9-10,12-13,15-16,18H2/p+1. The molecular formula is C24H27N4O3+. The van der Waals surface area contributed by atoms with Crippen molar-refractivity contribution in [3.05, 3.63) is 83.7 Å². The van der Waals surface area contributed by atoms with Gasteiger partial charge in [0.05, 0.1) is 12.1 Å². The molecule has 1 aliphatic heterocycles. The van der Waals surface area contributed by atoms with Gasteiger partial charge in [-0.05, 0) is 30.2 Å². The average Bonchev–Trinajstić information content (AvgIpc) is 3.31. The number of aromatic nitrogens is 2. The first-order valence-corrected chi connectivity index (χ1v) is 10.6. The molecule has 0 aliphatic carbocycles. The number of benzene rings is 2. The molecule has 0 radical (unpaired) electrons. The van der Waals surface area contributed by atoms with Crippen molar-refractivity contribution in [2.75, 3.05) is 26.2 Å². The van der Waals surface area contributed by atoms with Gasteiger partial charge in [0.2, 0.25) is 0 Å². The summed E-state index contributed by atoms with van der Waals surface area (Å²) in [5.41, 5.74) is 3.53. The van der Waals surface area contributed by atoms with Crippen molar-refractivity contribution in [1.29, 1.82) is 0 Å². The van der Waals surface area contributed by atoms with Gasteiger partial charge in [-0.25, -0.2) is 9.28 Å². The van der Waals surface area contributed by atoms with Crippen LogP contribution < -0.4 is 9.80 Å². The van der Waals surface area contributed by atoms with Crippen LogP contribution in [0.4, 0.5) is 5.69 Å². The molecule has 1 aliphatic rings. The molecule has 0 bridgehead atoms. The van der Waals surface area contributed by atoms with Crippen LogP contribution >= 0.6 is 0 Å². The summed E-state index contributed by atoms with van der Waals surface area (Å²) < 4.78 is 2.04. The lowest BCUT2D eigenvalue weighted by Gasteiger charge is -2.40. The number of hydrogen-bond acceptors (Lipinski definition) is 4. The second-order valence-electron chi connectivity index (χ2n) is 7.90.